The first-order valence-corrected chi connectivity index (χ1v) is 7.86. The van der Waals surface area contributed by atoms with Gasteiger partial charge in [-0.05, 0) is 30.2 Å². The van der Waals surface area contributed by atoms with Gasteiger partial charge in [-0.15, -0.1) is 0 Å². The second-order valence-electron chi connectivity index (χ2n) is 5.20. The number of nitro groups is 1. The fraction of sp³-hybridized carbons (Fsp3) is 0.188. The monoisotopic (exact) mass is 384 g/mol. The SMILES string of the molecule is N[C@@H](Cc1ccc(O)c([N+](=O)[O-])c1)C(=O)OCc1c(Cl)cccc1Cl. The molecule has 0 radical (unpaired) electrons. The molecule has 0 fully saturated rings. The van der Waals surface area contributed by atoms with Crippen LogP contribution in [-0.2, 0) is 22.6 Å². The number of carbonyl (C=O) groups is 1. The Morgan fingerprint density at radius 3 is 2.52 bits per heavy atom. The zero-order valence-corrected chi connectivity index (χ0v) is 14.3. The average molecular weight is 385 g/mol. The molecule has 2 aromatic carbocycles. The number of nitrogens with two attached hydrogens (primary N) is 1. The van der Waals surface area contributed by atoms with E-state index in [1.54, 1.807) is 18.2 Å². The van der Waals surface area contributed by atoms with Crippen LogP contribution in [0, 0.1) is 10.1 Å². The molecule has 0 aliphatic carbocycles. The highest BCUT2D eigenvalue weighted by molar-refractivity contribution is 6.35. The summed E-state index contributed by atoms with van der Waals surface area (Å²) in [5.41, 5.74) is 6.21. The molecule has 25 heavy (non-hydrogen) atoms. The highest BCUT2D eigenvalue weighted by Gasteiger charge is 2.20. The van der Waals surface area contributed by atoms with E-state index < -0.39 is 28.4 Å². The Morgan fingerprint density at radius 2 is 1.92 bits per heavy atom. The maximum Gasteiger partial charge on any atom is 0.323 e. The summed E-state index contributed by atoms with van der Waals surface area (Å²) >= 11 is 12.0. The molecule has 0 aromatic heterocycles. The molecule has 0 bridgehead atoms. The third kappa shape index (κ3) is 4.82. The van der Waals surface area contributed by atoms with Crippen molar-refractivity contribution in [1.82, 2.24) is 0 Å². The number of nitro benzene ring substituents is 1. The molecular formula is C16H14Cl2N2O5. The van der Waals surface area contributed by atoms with Gasteiger partial charge in [0.1, 0.15) is 12.6 Å². The first kappa shape index (κ1) is 19.0. The molecule has 0 saturated carbocycles. The van der Waals surface area contributed by atoms with Crippen molar-refractivity contribution in [3.05, 3.63) is 67.7 Å². The first-order chi connectivity index (χ1) is 11.8. The Bertz CT molecular complexity index is 793. The molecular weight excluding hydrogens is 371 g/mol. The van der Waals surface area contributed by atoms with E-state index in [1.807, 2.05) is 0 Å². The molecule has 0 heterocycles. The van der Waals surface area contributed by atoms with Gasteiger partial charge in [-0.2, -0.15) is 0 Å². The van der Waals surface area contributed by atoms with Crippen molar-refractivity contribution >= 4 is 34.9 Å². The van der Waals surface area contributed by atoms with Gasteiger partial charge in [0.25, 0.3) is 0 Å². The first-order valence-electron chi connectivity index (χ1n) is 7.11. The maximum atomic E-state index is 12.0. The van der Waals surface area contributed by atoms with Crippen LogP contribution in [0.2, 0.25) is 10.0 Å². The number of benzene rings is 2. The zero-order chi connectivity index (χ0) is 18.6. The van der Waals surface area contributed by atoms with Gasteiger partial charge in [0, 0.05) is 21.7 Å². The van der Waals surface area contributed by atoms with Gasteiger partial charge in [0.05, 0.1) is 4.92 Å². The van der Waals surface area contributed by atoms with Crippen molar-refractivity contribution in [2.45, 2.75) is 19.1 Å². The highest BCUT2D eigenvalue weighted by Crippen LogP contribution is 2.27. The minimum absolute atomic E-state index is 0.0101. The molecule has 2 rings (SSSR count). The van der Waals surface area contributed by atoms with Gasteiger partial charge < -0.3 is 15.6 Å². The van der Waals surface area contributed by atoms with Crippen LogP contribution < -0.4 is 5.73 Å². The van der Waals surface area contributed by atoms with Gasteiger partial charge in [0.15, 0.2) is 5.75 Å². The van der Waals surface area contributed by atoms with Gasteiger partial charge in [-0.3, -0.25) is 14.9 Å². The lowest BCUT2D eigenvalue weighted by Crippen LogP contribution is -2.34. The molecule has 0 spiro atoms. The number of nitrogens with zero attached hydrogens (tertiary/aromatic N) is 1. The number of ether oxygens (including phenoxy) is 1. The average Bonchev–Trinajstić information content (AvgIpc) is 2.55. The number of halogens is 2. The summed E-state index contributed by atoms with van der Waals surface area (Å²) in [6.07, 6.45) is 0.0101. The van der Waals surface area contributed by atoms with Crippen LogP contribution in [0.5, 0.6) is 5.75 Å². The van der Waals surface area contributed by atoms with E-state index in [9.17, 15) is 20.0 Å². The summed E-state index contributed by atoms with van der Waals surface area (Å²) < 4.78 is 5.11. The number of rotatable bonds is 6. The largest absolute Gasteiger partial charge is 0.502 e. The molecule has 1 atom stereocenters. The second-order valence-corrected chi connectivity index (χ2v) is 6.01. The zero-order valence-electron chi connectivity index (χ0n) is 12.8. The van der Waals surface area contributed by atoms with E-state index in [0.29, 0.717) is 21.2 Å². The molecule has 0 saturated heterocycles. The van der Waals surface area contributed by atoms with Crippen molar-refractivity contribution in [2.75, 3.05) is 0 Å². The smallest absolute Gasteiger partial charge is 0.323 e. The molecule has 3 N–H and O–H groups in total. The number of hydrogen-bond donors (Lipinski definition) is 2. The summed E-state index contributed by atoms with van der Waals surface area (Å²) in [5, 5.41) is 21.0. The van der Waals surface area contributed by atoms with Crippen LogP contribution in [0.3, 0.4) is 0 Å². The fourth-order valence-electron chi connectivity index (χ4n) is 2.10. The number of phenols is 1. The van der Waals surface area contributed by atoms with Gasteiger partial charge in [-0.25, -0.2) is 0 Å². The predicted molar refractivity (Wildman–Crippen MR) is 92.7 cm³/mol. The Balaban J connectivity index is 2.01. The van der Waals surface area contributed by atoms with Crippen LogP contribution in [0.1, 0.15) is 11.1 Å². The van der Waals surface area contributed by atoms with E-state index in [0.717, 1.165) is 6.07 Å². The molecule has 0 aliphatic heterocycles. The van der Waals surface area contributed by atoms with Crippen molar-refractivity contribution in [3.63, 3.8) is 0 Å². The van der Waals surface area contributed by atoms with Gasteiger partial charge >= 0.3 is 11.7 Å². The van der Waals surface area contributed by atoms with Crippen LogP contribution in [0.15, 0.2) is 36.4 Å². The quantitative estimate of drug-likeness (QED) is 0.448. The van der Waals surface area contributed by atoms with Gasteiger partial charge in [0.2, 0.25) is 0 Å². The third-order valence-corrected chi connectivity index (χ3v) is 4.12. The van der Waals surface area contributed by atoms with Crippen LogP contribution in [0.25, 0.3) is 0 Å². The summed E-state index contributed by atoms with van der Waals surface area (Å²) in [6, 6.07) is 7.64. The Kier molecular flexibility index (Phi) is 6.19. The van der Waals surface area contributed by atoms with E-state index in [-0.39, 0.29) is 13.0 Å². The predicted octanol–water partition coefficient (Wildman–Crippen LogP) is 3.22. The minimum Gasteiger partial charge on any atom is -0.502 e. The summed E-state index contributed by atoms with van der Waals surface area (Å²) in [5.74, 6) is -1.16. The summed E-state index contributed by atoms with van der Waals surface area (Å²) in [6.45, 7) is -0.138. The number of carbonyl (C=O) groups excluding carboxylic acids is 1. The maximum absolute atomic E-state index is 12.0. The summed E-state index contributed by atoms with van der Waals surface area (Å²) in [4.78, 5) is 22.1. The Labute approximate surface area is 153 Å². The highest BCUT2D eigenvalue weighted by atomic mass is 35.5. The molecule has 0 amide bonds. The molecule has 132 valence electrons. The van der Waals surface area contributed by atoms with Crippen molar-refractivity contribution in [2.24, 2.45) is 5.73 Å². The Morgan fingerprint density at radius 1 is 1.28 bits per heavy atom. The molecule has 7 nitrogen and oxygen atoms in total. The van der Waals surface area contributed by atoms with E-state index in [2.05, 4.69) is 0 Å². The third-order valence-electron chi connectivity index (χ3n) is 3.42. The van der Waals surface area contributed by atoms with Crippen molar-refractivity contribution in [1.29, 1.82) is 0 Å². The molecule has 2 aromatic rings. The van der Waals surface area contributed by atoms with Gasteiger partial charge in [-0.1, -0.05) is 35.3 Å². The van der Waals surface area contributed by atoms with Crippen molar-refractivity contribution in [3.8, 4) is 5.75 Å². The molecule has 0 unspecified atom stereocenters. The van der Waals surface area contributed by atoms with Crippen LogP contribution in [-0.4, -0.2) is 22.0 Å². The number of esters is 1. The Hall–Kier alpha value is -2.35. The fourth-order valence-corrected chi connectivity index (χ4v) is 2.61. The number of hydrogen-bond acceptors (Lipinski definition) is 6. The summed E-state index contributed by atoms with van der Waals surface area (Å²) in [7, 11) is 0. The lowest BCUT2D eigenvalue weighted by atomic mass is 10.1. The van der Waals surface area contributed by atoms with E-state index in [1.165, 1.54) is 12.1 Å². The van der Waals surface area contributed by atoms with E-state index >= 15 is 0 Å². The molecule has 9 heteroatoms. The minimum atomic E-state index is -1.04. The number of aromatic hydroxyl groups is 1. The van der Waals surface area contributed by atoms with Crippen LogP contribution in [0.4, 0.5) is 5.69 Å². The normalized spacial score (nSPS) is 11.8. The van der Waals surface area contributed by atoms with Crippen molar-refractivity contribution < 1.29 is 19.6 Å². The lowest BCUT2D eigenvalue weighted by molar-refractivity contribution is -0.385. The second kappa shape index (κ2) is 8.15. The van der Waals surface area contributed by atoms with E-state index in [4.69, 9.17) is 33.7 Å². The molecule has 0 aliphatic rings. The van der Waals surface area contributed by atoms with Crippen LogP contribution >= 0.6 is 23.2 Å². The standard InChI is InChI=1S/C16H14Cl2N2O5/c17-11-2-1-3-12(18)10(11)8-25-16(22)13(19)6-9-4-5-15(21)14(7-9)20(23)24/h1-5,7,13,21H,6,8,19H2/t13-/m0/s1. The number of phenolic OH excluding ortho intramolecular Hbond substituents is 1. The topological polar surface area (TPSA) is 116 Å². The lowest BCUT2D eigenvalue weighted by Gasteiger charge is -2.13.